The number of imidazole rings is 1. The maximum Gasteiger partial charge on any atom is 0.132 e. The molecule has 1 unspecified atom stereocenters. The van der Waals surface area contributed by atoms with Gasteiger partial charge in [0, 0.05) is 10.2 Å². The van der Waals surface area contributed by atoms with Gasteiger partial charge in [-0.2, -0.15) is 0 Å². The molecular formula is C15H12BrClN2. The third-order valence-electron chi connectivity index (χ3n) is 3.01. The summed E-state index contributed by atoms with van der Waals surface area (Å²) in [6, 6.07) is 16.2. The van der Waals surface area contributed by atoms with Gasteiger partial charge < -0.3 is 0 Å². The van der Waals surface area contributed by atoms with Gasteiger partial charge in [0.1, 0.15) is 5.82 Å². The van der Waals surface area contributed by atoms with E-state index in [1.54, 1.807) is 0 Å². The highest BCUT2D eigenvalue weighted by molar-refractivity contribution is 9.10. The molecule has 0 spiro atoms. The molecule has 0 aliphatic heterocycles. The maximum absolute atomic E-state index is 6.27. The molecule has 1 atom stereocenters. The lowest BCUT2D eigenvalue weighted by Crippen LogP contribution is -2.01. The van der Waals surface area contributed by atoms with Crippen molar-refractivity contribution in [2.75, 3.05) is 0 Å². The molecule has 96 valence electrons. The van der Waals surface area contributed by atoms with Gasteiger partial charge in [0.25, 0.3) is 0 Å². The third-order valence-corrected chi connectivity index (χ3v) is 3.70. The number of aromatic nitrogens is 2. The molecule has 3 aromatic rings. The first kappa shape index (κ1) is 12.7. The summed E-state index contributed by atoms with van der Waals surface area (Å²) < 4.78 is 3.14. The fourth-order valence-corrected chi connectivity index (χ4v) is 2.68. The summed E-state index contributed by atoms with van der Waals surface area (Å²) >= 11 is 9.79. The van der Waals surface area contributed by atoms with E-state index in [0.29, 0.717) is 0 Å². The summed E-state index contributed by atoms with van der Waals surface area (Å²) in [7, 11) is 0. The Kier molecular flexibility index (Phi) is 3.33. The van der Waals surface area contributed by atoms with Crippen molar-refractivity contribution in [3.8, 4) is 5.69 Å². The van der Waals surface area contributed by atoms with Crippen molar-refractivity contribution in [1.29, 1.82) is 0 Å². The van der Waals surface area contributed by atoms with Crippen LogP contribution in [-0.4, -0.2) is 9.55 Å². The van der Waals surface area contributed by atoms with Gasteiger partial charge in [0.15, 0.2) is 0 Å². The van der Waals surface area contributed by atoms with Crippen molar-refractivity contribution in [1.82, 2.24) is 9.55 Å². The van der Waals surface area contributed by atoms with Gasteiger partial charge in [-0.25, -0.2) is 4.98 Å². The highest BCUT2D eigenvalue weighted by atomic mass is 79.9. The Labute approximate surface area is 125 Å². The molecule has 0 saturated carbocycles. The molecule has 1 aromatic heterocycles. The lowest BCUT2D eigenvalue weighted by Gasteiger charge is -2.10. The fraction of sp³-hybridized carbons (Fsp3) is 0.133. The van der Waals surface area contributed by atoms with Crippen LogP contribution in [0, 0.1) is 0 Å². The number of fused-ring (bicyclic) bond motifs is 1. The Morgan fingerprint density at radius 2 is 1.89 bits per heavy atom. The Balaban J connectivity index is 2.36. The summed E-state index contributed by atoms with van der Waals surface area (Å²) in [6.45, 7) is 1.94. The van der Waals surface area contributed by atoms with Crippen molar-refractivity contribution in [2.45, 2.75) is 12.3 Å². The summed E-state index contributed by atoms with van der Waals surface area (Å²) in [4.78, 5) is 4.64. The van der Waals surface area contributed by atoms with Crippen LogP contribution in [-0.2, 0) is 0 Å². The molecule has 0 amide bonds. The van der Waals surface area contributed by atoms with Crippen LogP contribution in [0.3, 0.4) is 0 Å². The van der Waals surface area contributed by atoms with Crippen LogP contribution in [0.25, 0.3) is 16.7 Å². The van der Waals surface area contributed by atoms with E-state index in [-0.39, 0.29) is 5.38 Å². The van der Waals surface area contributed by atoms with E-state index in [0.717, 1.165) is 27.0 Å². The van der Waals surface area contributed by atoms with Crippen LogP contribution in [0.5, 0.6) is 0 Å². The Morgan fingerprint density at radius 3 is 2.58 bits per heavy atom. The van der Waals surface area contributed by atoms with Crippen LogP contribution in [0.2, 0.25) is 0 Å². The lowest BCUT2D eigenvalue weighted by atomic mass is 10.2. The zero-order valence-corrected chi connectivity index (χ0v) is 12.7. The van der Waals surface area contributed by atoms with Gasteiger partial charge in [-0.15, -0.1) is 11.6 Å². The number of benzene rings is 2. The average molecular weight is 336 g/mol. The van der Waals surface area contributed by atoms with E-state index in [9.17, 15) is 0 Å². The van der Waals surface area contributed by atoms with E-state index < -0.39 is 0 Å². The largest absolute Gasteiger partial charge is 0.295 e. The second kappa shape index (κ2) is 4.99. The summed E-state index contributed by atoms with van der Waals surface area (Å²) in [6.07, 6.45) is 0. The van der Waals surface area contributed by atoms with E-state index in [1.807, 2.05) is 37.3 Å². The normalized spacial score (nSPS) is 12.8. The van der Waals surface area contributed by atoms with E-state index >= 15 is 0 Å². The standard InChI is InChI=1S/C15H12BrClN2/c1-10(17)15-18-13-8-7-11(16)9-14(13)19(15)12-5-3-2-4-6-12/h2-10H,1H3. The molecule has 4 heteroatoms. The maximum atomic E-state index is 6.27. The van der Waals surface area contributed by atoms with Crippen molar-refractivity contribution >= 4 is 38.6 Å². The van der Waals surface area contributed by atoms with Crippen molar-refractivity contribution in [3.05, 3.63) is 58.8 Å². The van der Waals surface area contributed by atoms with Crippen molar-refractivity contribution in [2.24, 2.45) is 0 Å². The van der Waals surface area contributed by atoms with Gasteiger partial charge in [0.05, 0.1) is 16.4 Å². The van der Waals surface area contributed by atoms with Crippen LogP contribution in [0.4, 0.5) is 0 Å². The van der Waals surface area contributed by atoms with Crippen LogP contribution in [0.1, 0.15) is 18.1 Å². The molecule has 0 N–H and O–H groups in total. The van der Waals surface area contributed by atoms with E-state index in [2.05, 4.69) is 43.7 Å². The smallest absolute Gasteiger partial charge is 0.132 e. The molecular weight excluding hydrogens is 324 g/mol. The van der Waals surface area contributed by atoms with Gasteiger partial charge in [-0.1, -0.05) is 34.1 Å². The fourth-order valence-electron chi connectivity index (χ4n) is 2.18. The third kappa shape index (κ3) is 2.28. The SMILES string of the molecule is CC(Cl)c1nc2ccc(Br)cc2n1-c1ccccc1. The summed E-state index contributed by atoms with van der Waals surface area (Å²) in [5, 5.41) is -0.147. The topological polar surface area (TPSA) is 17.8 Å². The number of halogens is 2. The summed E-state index contributed by atoms with van der Waals surface area (Å²) in [5.74, 6) is 0.862. The predicted octanol–water partition coefficient (Wildman–Crippen LogP) is 5.09. The number of hydrogen-bond donors (Lipinski definition) is 0. The first-order chi connectivity index (χ1) is 9.16. The molecule has 19 heavy (non-hydrogen) atoms. The molecule has 2 aromatic carbocycles. The zero-order valence-electron chi connectivity index (χ0n) is 10.3. The predicted molar refractivity (Wildman–Crippen MR) is 83.0 cm³/mol. The lowest BCUT2D eigenvalue weighted by molar-refractivity contribution is 0.882. The van der Waals surface area contributed by atoms with Gasteiger partial charge in [-0.05, 0) is 37.3 Å². The second-order valence-corrected chi connectivity index (χ2v) is 5.96. The molecule has 3 rings (SSSR count). The van der Waals surface area contributed by atoms with Gasteiger partial charge >= 0.3 is 0 Å². The quantitative estimate of drug-likeness (QED) is 0.597. The average Bonchev–Trinajstić information content (AvgIpc) is 2.78. The van der Waals surface area contributed by atoms with E-state index in [4.69, 9.17) is 11.6 Å². The number of hydrogen-bond acceptors (Lipinski definition) is 1. The van der Waals surface area contributed by atoms with E-state index in [1.165, 1.54) is 0 Å². The number of nitrogens with zero attached hydrogens (tertiary/aromatic N) is 2. The second-order valence-electron chi connectivity index (χ2n) is 4.39. The number of para-hydroxylation sites is 1. The molecule has 0 aliphatic carbocycles. The van der Waals surface area contributed by atoms with Crippen molar-refractivity contribution in [3.63, 3.8) is 0 Å². The first-order valence-corrected chi connectivity index (χ1v) is 7.27. The molecule has 0 fully saturated rings. The molecule has 0 aliphatic rings. The monoisotopic (exact) mass is 334 g/mol. The highest BCUT2D eigenvalue weighted by Crippen LogP contribution is 2.29. The number of alkyl halides is 1. The van der Waals surface area contributed by atoms with Crippen LogP contribution >= 0.6 is 27.5 Å². The minimum absolute atomic E-state index is 0.147. The number of rotatable bonds is 2. The molecule has 0 radical (unpaired) electrons. The van der Waals surface area contributed by atoms with Gasteiger partial charge in [-0.3, -0.25) is 4.57 Å². The van der Waals surface area contributed by atoms with Gasteiger partial charge in [0.2, 0.25) is 0 Å². The molecule has 0 bridgehead atoms. The highest BCUT2D eigenvalue weighted by Gasteiger charge is 2.16. The summed E-state index contributed by atoms with van der Waals surface area (Å²) in [5.41, 5.74) is 3.09. The Morgan fingerprint density at radius 1 is 1.16 bits per heavy atom. The molecule has 2 nitrogen and oxygen atoms in total. The molecule has 0 saturated heterocycles. The molecule has 1 heterocycles. The zero-order chi connectivity index (χ0) is 13.4. The van der Waals surface area contributed by atoms with Crippen molar-refractivity contribution < 1.29 is 0 Å². The van der Waals surface area contributed by atoms with Crippen LogP contribution in [0.15, 0.2) is 53.0 Å². The minimum Gasteiger partial charge on any atom is -0.295 e. The minimum atomic E-state index is -0.147. The first-order valence-electron chi connectivity index (χ1n) is 6.04. The Hall–Kier alpha value is -1.32. The Bertz CT molecular complexity index is 720. The van der Waals surface area contributed by atoms with Crippen LogP contribution < -0.4 is 0 Å².